The van der Waals surface area contributed by atoms with Crippen LogP contribution in [0.4, 0.5) is 0 Å². The van der Waals surface area contributed by atoms with E-state index in [2.05, 4.69) is 10.4 Å². The molecule has 0 unspecified atom stereocenters. The van der Waals surface area contributed by atoms with Gasteiger partial charge in [0.1, 0.15) is 0 Å². The van der Waals surface area contributed by atoms with Crippen LogP contribution >= 0.6 is 12.2 Å². The van der Waals surface area contributed by atoms with E-state index in [1.807, 2.05) is 30.3 Å². The lowest BCUT2D eigenvalue weighted by molar-refractivity contribution is -0.118. The zero-order valence-electron chi connectivity index (χ0n) is 9.80. The Hall–Kier alpha value is -1.43. The molecule has 0 aliphatic carbocycles. The Morgan fingerprint density at radius 3 is 3.06 bits per heavy atom. The molecule has 0 saturated heterocycles. The van der Waals surface area contributed by atoms with E-state index in [0.717, 1.165) is 6.54 Å². The van der Waals surface area contributed by atoms with E-state index in [-0.39, 0.29) is 11.8 Å². The fraction of sp³-hybridized carbons (Fsp3) is 0.455. The molecular weight excluding hydrogens is 236 g/mol. The number of primary amides is 1. The van der Waals surface area contributed by atoms with Crippen LogP contribution in [0.1, 0.15) is 13.3 Å². The van der Waals surface area contributed by atoms with Gasteiger partial charge in [-0.25, -0.2) is 0 Å². The number of hydrogen-bond acceptors (Lipinski definition) is 3. The number of nitrogens with zero attached hydrogens (tertiary/aromatic N) is 2. The second-order valence-corrected chi connectivity index (χ2v) is 4.31. The van der Waals surface area contributed by atoms with Gasteiger partial charge in [-0.05, 0) is 12.0 Å². The Balaban J connectivity index is 2.14. The molecule has 17 heavy (non-hydrogen) atoms. The molecule has 93 valence electrons. The zero-order valence-corrected chi connectivity index (χ0v) is 10.6. The molecular formula is C11H17N4OS. The van der Waals surface area contributed by atoms with E-state index in [1.54, 1.807) is 6.20 Å². The number of amides is 1. The topological polar surface area (TPSA) is 72.9 Å². The minimum atomic E-state index is -0.312. The van der Waals surface area contributed by atoms with Crippen LogP contribution in [-0.2, 0) is 11.3 Å². The summed E-state index contributed by atoms with van der Waals surface area (Å²) in [7, 11) is 0. The van der Waals surface area contributed by atoms with Crippen molar-refractivity contribution in [1.29, 1.82) is 0 Å². The smallest absolute Gasteiger partial charge is 0.217 e. The molecule has 0 spiro atoms. The second kappa shape index (κ2) is 7.01. The maximum Gasteiger partial charge on any atom is 0.217 e. The highest BCUT2D eigenvalue weighted by Gasteiger charge is 2.09. The van der Waals surface area contributed by atoms with Gasteiger partial charge in [-0.3, -0.25) is 9.48 Å². The predicted octanol–water partition coefficient (Wildman–Crippen LogP) is 0.516. The summed E-state index contributed by atoms with van der Waals surface area (Å²) in [6.07, 6.45) is 5.79. The van der Waals surface area contributed by atoms with E-state index in [0.29, 0.717) is 18.0 Å². The molecule has 0 aromatic carbocycles. The first-order chi connectivity index (χ1) is 8.08. The summed E-state index contributed by atoms with van der Waals surface area (Å²) in [6, 6.07) is 1.87. The monoisotopic (exact) mass is 253 g/mol. The quantitative estimate of drug-likeness (QED) is 0.695. The molecule has 6 heteroatoms. The number of nitrogens with one attached hydrogen (secondary N) is 1. The minimum absolute atomic E-state index is 0.0669. The highest BCUT2D eigenvalue weighted by molar-refractivity contribution is 7.80. The first-order valence-corrected chi connectivity index (χ1v) is 5.87. The van der Waals surface area contributed by atoms with Crippen LogP contribution in [0.2, 0.25) is 0 Å². The summed E-state index contributed by atoms with van der Waals surface area (Å²) in [6.45, 7) is 3.37. The van der Waals surface area contributed by atoms with Gasteiger partial charge in [-0.1, -0.05) is 19.1 Å². The van der Waals surface area contributed by atoms with Gasteiger partial charge < -0.3 is 11.1 Å². The van der Waals surface area contributed by atoms with Gasteiger partial charge in [0.05, 0.1) is 11.5 Å². The number of thiocarbonyl (C=S) groups is 1. The van der Waals surface area contributed by atoms with Crippen LogP contribution in [0.5, 0.6) is 0 Å². The number of hydrogen-bond donors (Lipinski definition) is 2. The molecule has 1 radical (unpaired) electrons. The third-order valence-electron chi connectivity index (χ3n) is 2.16. The summed E-state index contributed by atoms with van der Waals surface area (Å²) in [5, 5.41) is 7.16. The van der Waals surface area contributed by atoms with Gasteiger partial charge in [0, 0.05) is 31.8 Å². The van der Waals surface area contributed by atoms with E-state index in [9.17, 15) is 4.79 Å². The lowest BCUT2D eigenvalue weighted by Gasteiger charge is -2.11. The van der Waals surface area contributed by atoms with E-state index >= 15 is 0 Å². The van der Waals surface area contributed by atoms with Crippen LogP contribution in [0.3, 0.4) is 0 Å². The van der Waals surface area contributed by atoms with Crippen molar-refractivity contribution >= 4 is 23.1 Å². The Labute approximate surface area is 106 Å². The van der Waals surface area contributed by atoms with Gasteiger partial charge >= 0.3 is 0 Å². The summed E-state index contributed by atoms with van der Waals surface area (Å²) in [5.74, 6) is -0.245. The molecule has 5 nitrogen and oxygen atoms in total. The Bertz CT molecular complexity index is 364. The summed E-state index contributed by atoms with van der Waals surface area (Å²) < 4.78 is 1.82. The minimum Gasteiger partial charge on any atom is -0.378 e. The SMILES string of the molecule is C[C@@H]([CH]C(=S)NCCn1cccn1)CC(N)=O. The highest BCUT2D eigenvalue weighted by atomic mass is 32.1. The van der Waals surface area contributed by atoms with Crippen molar-refractivity contribution in [3.63, 3.8) is 0 Å². The maximum absolute atomic E-state index is 10.7. The number of carbonyl (C=O) groups is 1. The third-order valence-corrected chi connectivity index (χ3v) is 2.44. The van der Waals surface area contributed by atoms with Crippen molar-refractivity contribution < 1.29 is 4.79 Å². The summed E-state index contributed by atoms with van der Waals surface area (Å²) >= 11 is 5.13. The van der Waals surface area contributed by atoms with E-state index in [1.165, 1.54) is 0 Å². The molecule has 1 amide bonds. The van der Waals surface area contributed by atoms with Crippen molar-refractivity contribution in [3.8, 4) is 0 Å². The predicted molar refractivity (Wildman–Crippen MR) is 70.1 cm³/mol. The van der Waals surface area contributed by atoms with Gasteiger partial charge in [0.15, 0.2) is 0 Å². The van der Waals surface area contributed by atoms with Crippen molar-refractivity contribution in [2.75, 3.05) is 6.54 Å². The second-order valence-electron chi connectivity index (χ2n) is 3.87. The molecule has 0 aliphatic heterocycles. The average molecular weight is 253 g/mol. The van der Waals surface area contributed by atoms with Crippen molar-refractivity contribution in [3.05, 3.63) is 24.9 Å². The molecule has 0 bridgehead atoms. The molecule has 1 rings (SSSR count). The van der Waals surface area contributed by atoms with Crippen molar-refractivity contribution in [2.45, 2.75) is 19.9 Å². The number of aromatic nitrogens is 2. The first-order valence-electron chi connectivity index (χ1n) is 5.46. The van der Waals surface area contributed by atoms with Crippen LogP contribution in [-0.4, -0.2) is 27.2 Å². The molecule has 0 fully saturated rings. The third kappa shape index (κ3) is 6.01. The number of rotatable bonds is 7. The Kier molecular flexibility index (Phi) is 5.62. The van der Waals surface area contributed by atoms with Crippen LogP contribution in [0, 0.1) is 12.3 Å². The van der Waals surface area contributed by atoms with E-state index in [4.69, 9.17) is 18.0 Å². The highest BCUT2D eigenvalue weighted by Crippen LogP contribution is 2.05. The van der Waals surface area contributed by atoms with Crippen molar-refractivity contribution in [1.82, 2.24) is 15.1 Å². The summed E-state index contributed by atoms with van der Waals surface area (Å²) in [4.78, 5) is 11.3. The molecule has 1 atom stereocenters. The van der Waals surface area contributed by atoms with Crippen LogP contribution in [0.15, 0.2) is 18.5 Å². The molecule has 1 aromatic rings. The molecule has 1 aromatic heterocycles. The van der Waals surface area contributed by atoms with E-state index < -0.39 is 0 Å². The molecule has 0 aliphatic rings. The molecule has 0 saturated carbocycles. The van der Waals surface area contributed by atoms with Gasteiger partial charge in [-0.15, -0.1) is 0 Å². The van der Waals surface area contributed by atoms with Crippen LogP contribution < -0.4 is 11.1 Å². The Morgan fingerprint density at radius 2 is 2.47 bits per heavy atom. The first kappa shape index (κ1) is 13.6. The number of carbonyl (C=O) groups excluding carboxylic acids is 1. The lowest BCUT2D eigenvalue weighted by Crippen LogP contribution is -2.28. The normalized spacial score (nSPS) is 12.1. The fourth-order valence-electron chi connectivity index (χ4n) is 1.42. The average Bonchev–Trinajstić information content (AvgIpc) is 2.68. The fourth-order valence-corrected chi connectivity index (χ4v) is 1.75. The zero-order chi connectivity index (χ0) is 12.7. The lowest BCUT2D eigenvalue weighted by atomic mass is 10.0. The Morgan fingerprint density at radius 1 is 1.71 bits per heavy atom. The maximum atomic E-state index is 10.7. The van der Waals surface area contributed by atoms with Gasteiger partial charge in [0.2, 0.25) is 5.91 Å². The molecule has 1 heterocycles. The van der Waals surface area contributed by atoms with Gasteiger partial charge in [-0.2, -0.15) is 5.10 Å². The number of nitrogens with two attached hydrogens (primary N) is 1. The van der Waals surface area contributed by atoms with Gasteiger partial charge in [0.25, 0.3) is 0 Å². The molecule has 3 N–H and O–H groups in total. The standard InChI is InChI=1S/C11H17N4OS/c1-9(7-10(12)16)8-11(17)13-4-6-15-5-2-3-14-15/h2-3,5,8-9H,4,6-7H2,1H3,(H2,12,16)(H,13,17)/t9-/m1/s1. The summed E-state index contributed by atoms with van der Waals surface area (Å²) in [5.41, 5.74) is 5.10. The largest absolute Gasteiger partial charge is 0.378 e. The van der Waals surface area contributed by atoms with Crippen LogP contribution in [0.25, 0.3) is 0 Å². The van der Waals surface area contributed by atoms with Crippen molar-refractivity contribution in [2.24, 2.45) is 11.7 Å².